The number of rotatable bonds is 5. The summed E-state index contributed by atoms with van der Waals surface area (Å²) in [5.74, 6) is 0.513. The highest BCUT2D eigenvalue weighted by Crippen LogP contribution is 2.34. The molecule has 0 saturated heterocycles. The van der Waals surface area contributed by atoms with E-state index in [0.717, 1.165) is 23.1 Å². The van der Waals surface area contributed by atoms with Gasteiger partial charge in [0.1, 0.15) is 17.5 Å². The fraction of sp³-hybridized carbons (Fsp3) is 0.241. The number of nitrogens with zero attached hydrogens (tertiary/aromatic N) is 1. The van der Waals surface area contributed by atoms with E-state index < -0.39 is 6.09 Å². The van der Waals surface area contributed by atoms with Crippen molar-refractivity contribution in [3.63, 3.8) is 0 Å². The Morgan fingerprint density at radius 3 is 2.35 bits per heavy atom. The first-order valence-electron chi connectivity index (χ1n) is 11.8. The quantitative estimate of drug-likeness (QED) is 0.340. The third kappa shape index (κ3) is 4.60. The monoisotopic (exact) mass is 452 g/mol. The number of amides is 1. The van der Waals surface area contributed by atoms with Crippen molar-refractivity contribution in [2.45, 2.75) is 45.6 Å². The van der Waals surface area contributed by atoms with Crippen LogP contribution in [0.1, 0.15) is 48.3 Å². The van der Waals surface area contributed by atoms with Gasteiger partial charge in [-0.15, -0.1) is 0 Å². The molecule has 5 rings (SSSR count). The van der Waals surface area contributed by atoms with Crippen molar-refractivity contribution in [3.8, 4) is 22.5 Å². The Morgan fingerprint density at radius 2 is 1.59 bits per heavy atom. The molecule has 5 nitrogen and oxygen atoms in total. The standard InChI is InChI=1S/C29H28N2O3/c1-19-27(30-29(32)33-20(2)21-8-4-3-5-9-21)28(34-31-19)24-15-12-23(13-16-24)26-17-14-22-10-6-7-11-25(22)18-26/h3-5,8-9,12-18,20H,6-7,10-11H2,1-2H3,(H,30,32). The van der Waals surface area contributed by atoms with Gasteiger partial charge in [-0.05, 0) is 67.3 Å². The molecule has 5 heteroatoms. The number of aromatic nitrogens is 1. The van der Waals surface area contributed by atoms with Gasteiger partial charge in [-0.1, -0.05) is 78.0 Å². The van der Waals surface area contributed by atoms with Crippen molar-refractivity contribution >= 4 is 11.8 Å². The minimum Gasteiger partial charge on any atom is -0.441 e. The van der Waals surface area contributed by atoms with Crippen molar-refractivity contribution < 1.29 is 14.1 Å². The number of aryl methyl sites for hydroxylation is 3. The smallest absolute Gasteiger partial charge is 0.412 e. The number of ether oxygens (including phenoxy) is 1. The number of nitrogens with one attached hydrogen (secondary N) is 1. The predicted octanol–water partition coefficient (Wildman–Crippen LogP) is 7.51. The summed E-state index contributed by atoms with van der Waals surface area (Å²) in [5.41, 5.74) is 8.20. The van der Waals surface area contributed by atoms with Crippen LogP contribution in [0.25, 0.3) is 22.5 Å². The van der Waals surface area contributed by atoms with Gasteiger partial charge in [0, 0.05) is 5.56 Å². The largest absolute Gasteiger partial charge is 0.441 e. The minimum atomic E-state index is -0.547. The maximum Gasteiger partial charge on any atom is 0.412 e. The Morgan fingerprint density at radius 1 is 0.912 bits per heavy atom. The molecule has 0 saturated carbocycles. The molecule has 1 aliphatic carbocycles. The lowest BCUT2D eigenvalue weighted by Crippen LogP contribution is -2.16. The molecule has 3 aromatic carbocycles. The van der Waals surface area contributed by atoms with E-state index in [1.165, 1.54) is 36.0 Å². The van der Waals surface area contributed by atoms with Crippen molar-refractivity contribution in [2.75, 3.05) is 5.32 Å². The van der Waals surface area contributed by atoms with E-state index in [0.29, 0.717) is 17.1 Å². The molecule has 0 spiro atoms. The summed E-state index contributed by atoms with van der Waals surface area (Å²) in [7, 11) is 0. The highest BCUT2D eigenvalue weighted by Gasteiger charge is 2.20. The lowest BCUT2D eigenvalue weighted by atomic mass is 9.89. The summed E-state index contributed by atoms with van der Waals surface area (Å²) >= 11 is 0. The average molecular weight is 453 g/mol. The van der Waals surface area contributed by atoms with E-state index in [-0.39, 0.29) is 6.10 Å². The third-order valence-electron chi connectivity index (χ3n) is 6.47. The molecule has 1 heterocycles. The molecule has 1 N–H and O–H groups in total. The molecule has 4 aromatic rings. The van der Waals surface area contributed by atoms with Crippen LogP contribution in [0, 0.1) is 6.92 Å². The van der Waals surface area contributed by atoms with Crippen molar-refractivity contribution in [1.82, 2.24) is 5.16 Å². The number of carbonyl (C=O) groups is 1. The average Bonchev–Trinajstić information content (AvgIpc) is 3.24. The summed E-state index contributed by atoms with van der Waals surface area (Å²) in [5, 5.41) is 6.89. The highest BCUT2D eigenvalue weighted by atomic mass is 16.6. The Balaban J connectivity index is 1.33. The molecule has 1 atom stereocenters. The van der Waals surface area contributed by atoms with Crippen LogP contribution < -0.4 is 5.32 Å². The van der Waals surface area contributed by atoms with E-state index in [1.807, 2.05) is 49.4 Å². The zero-order valence-electron chi connectivity index (χ0n) is 19.5. The van der Waals surface area contributed by atoms with Crippen LogP contribution >= 0.6 is 0 Å². The number of anilines is 1. The summed E-state index contributed by atoms with van der Waals surface area (Å²) in [4.78, 5) is 12.6. The Kier molecular flexibility index (Phi) is 6.17. The van der Waals surface area contributed by atoms with Crippen LogP contribution in [0.15, 0.2) is 77.3 Å². The van der Waals surface area contributed by atoms with Gasteiger partial charge >= 0.3 is 6.09 Å². The topological polar surface area (TPSA) is 64.4 Å². The second kappa shape index (κ2) is 9.56. The Labute approximate surface area is 199 Å². The van der Waals surface area contributed by atoms with Crippen LogP contribution in [-0.4, -0.2) is 11.2 Å². The van der Waals surface area contributed by atoms with Gasteiger partial charge in [-0.3, -0.25) is 5.32 Å². The van der Waals surface area contributed by atoms with Gasteiger partial charge in [0.15, 0.2) is 5.76 Å². The van der Waals surface area contributed by atoms with Crippen molar-refractivity contribution in [1.29, 1.82) is 0 Å². The molecule has 0 bridgehead atoms. The SMILES string of the molecule is Cc1noc(-c2ccc(-c3ccc4c(c3)CCCC4)cc2)c1NC(=O)OC(C)c1ccccc1. The number of hydrogen-bond donors (Lipinski definition) is 1. The Bertz CT molecular complexity index is 1290. The summed E-state index contributed by atoms with van der Waals surface area (Å²) < 4.78 is 11.1. The lowest BCUT2D eigenvalue weighted by molar-refractivity contribution is 0.121. The van der Waals surface area contributed by atoms with E-state index in [4.69, 9.17) is 9.26 Å². The fourth-order valence-corrected chi connectivity index (χ4v) is 4.53. The van der Waals surface area contributed by atoms with Gasteiger partial charge < -0.3 is 9.26 Å². The van der Waals surface area contributed by atoms with Crippen molar-refractivity contribution in [2.24, 2.45) is 0 Å². The molecular formula is C29H28N2O3. The zero-order chi connectivity index (χ0) is 23.5. The molecule has 0 aliphatic heterocycles. The number of fused-ring (bicyclic) bond motifs is 1. The van der Waals surface area contributed by atoms with Gasteiger partial charge in [0.25, 0.3) is 0 Å². The first-order chi connectivity index (χ1) is 16.6. The number of carbonyl (C=O) groups excluding carboxylic acids is 1. The normalized spacial score (nSPS) is 13.7. The number of benzene rings is 3. The molecule has 1 aliphatic rings. The molecule has 1 aromatic heterocycles. The first kappa shape index (κ1) is 22.0. The molecule has 1 amide bonds. The van der Waals surface area contributed by atoms with E-state index >= 15 is 0 Å². The first-order valence-corrected chi connectivity index (χ1v) is 11.8. The van der Waals surface area contributed by atoms with Crippen LogP contribution in [0.4, 0.5) is 10.5 Å². The van der Waals surface area contributed by atoms with Gasteiger partial charge in [-0.25, -0.2) is 4.79 Å². The van der Waals surface area contributed by atoms with Crippen LogP contribution in [-0.2, 0) is 17.6 Å². The van der Waals surface area contributed by atoms with Crippen LogP contribution in [0.5, 0.6) is 0 Å². The van der Waals surface area contributed by atoms with Gasteiger partial charge in [-0.2, -0.15) is 0 Å². The second-order valence-corrected chi connectivity index (χ2v) is 8.82. The van der Waals surface area contributed by atoms with E-state index in [9.17, 15) is 4.79 Å². The summed E-state index contributed by atoms with van der Waals surface area (Å²) in [6, 6.07) is 24.6. The lowest BCUT2D eigenvalue weighted by Gasteiger charge is -2.16. The molecule has 0 fully saturated rings. The summed E-state index contributed by atoms with van der Waals surface area (Å²) in [6.45, 7) is 3.64. The summed E-state index contributed by atoms with van der Waals surface area (Å²) in [6.07, 6.45) is 3.97. The molecule has 0 radical (unpaired) electrons. The zero-order valence-corrected chi connectivity index (χ0v) is 19.5. The second-order valence-electron chi connectivity index (χ2n) is 8.82. The molecular weight excluding hydrogens is 424 g/mol. The van der Waals surface area contributed by atoms with E-state index in [2.05, 4.69) is 40.8 Å². The highest BCUT2D eigenvalue weighted by molar-refractivity contribution is 5.91. The van der Waals surface area contributed by atoms with Crippen molar-refractivity contribution in [3.05, 3.63) is 95.2 Å². The third-order valence-corrected chi connectivity index (χ3v) is 6.47. The van der Waals surface area contributed by atoms with Gasteiger partial charge in [0.05, 0.1) is 0 Å². The molecule has 34 heavy (non-hydrogen) atoms. The molecule has 1 unspecified atom stereocenters. The predicted molar refractivity (Wildman–Crippen MR) is 134 cm³/mol. The van der Waals surface area contributed by atoms with Crippen LogP contribution in [0.3, 0.4) is 0 Å². The maximum atomic E-state index is 12.6. The Hall–Kier alpha value is -3.86. The number of hydrogen-bond acceptors (Lipinski definition) is 4. The molecule has 172 valence electrons. The van der Waals surface area contributed by atoms with Gasteiger partial charge in [0.2, 0.25) is 0 Å². The minimum absolute atomic E-state index is 0.374. The van der Waals surface area contributed by atoms with E-state index in [1.54, 1.807) is 6.92 Å². The fourth-order valence-electron chi connectivity index (χ4n) is 4.53. The maximum absolute atomic E-state index is 12.6. The van der Waals surface area contributed by atoms with Crippen LogP contribution in [0.2, 0.25) is 0 Å².